The van der Waals surface area contributed by atoms with Gasteiger partial charge in [-0.25, -0.2) is 8.42 Å². The highest BCUT2D eigenvalue weighted by Gasteiger charge is 2.33. The number of nitrogens with zero attached hydrogens (tertiary/aromatic N) is 1. The Kier molecular flexibility index (Phi) is 5.39. The van der Waals surface area contributed by atoms with Gasteiger partial charge in [-0.3, -0.25) is 4.79 Å². The fourth-order valence-corrected chi connectivity index (χ4v) is 5.46. The average Bonchev–Trinajstić information content (AvgIpc) is 2.62. The van der Waals surface area contributed by atoms with Crippen molar-refractivity contribution in [1.29, 1.82) is 0 Å². The molecule has 1 aliphatic heterocycles. The lowest BCUT2D eigenvalue weighted by molar-refractivity contribution is -0.136. The predicted molar refractivity (Wildman–Crippen MR) is 95.1 cm³/mol. The van der Waals surface area contributed by atoms with E-state index >= 15 is 0 Å². The van der Waals surface area contributed by atoms with E-state index in [1.165, 1.54) is 0 Å². The molecule has 2 aliphatic rings. The highest BCUT2D eigenvalue weighted by molar-refractivity contribution is 7.91. The zero-order valence-corrected chi connectivity index (χ0v) is 14.7. The van der Waals surface area contributed by atoms with Crippen molar-refractivity contribution in [3.63, 3.8) is 0 Å². The second-order valence-electron chi connectivity index (χ2n) is 6.80. The maximum atomic E-state index is 12.6. The van der Waals surface area contributed by atoms with Gasteiger partial charge in [0.15, 0.2) is 9.84 Å². The summed E-state index contributed by atoms with van der Waals surface area (Å²) >= 11 is 0. The normalized spacial score (nSPS) is 22.5. The number of piperidine rings is 1. The topological polar surface area (TPSA) is 54.5 Å². The summed E-state index contributed by atoms with van der Waals surface area (Å²) in [5.74, 6) is 0.394. The maximum Gasteiger partial charge on any atom is 0.226 e. The predicted octanol–water partition coefficient (Wildman–Crippen LogP) is 2.95. The van der Waals surface area contributed by atoms with Crippen molar-refractivity contribution in [2.45, 2.75) is 43.1 Å². The van der Waals surface area contributed by atoms with Gasteiger partial charge in [-0.1, -0.05) is 42.5 Å². The van der Waals surface area contributed by atoms with Crippen LogP contribution in [0.5, 0.6) is 0 Å². The van der Waals surface area contributed by atoms with Gasteiger partial charge in [-0.15, -0.1) is 0 Å². The molecule has 1 heterocycles. The van der Waals surface area contributed by atoms with E-state index in [0.29, 0.717) is 25.9 Å². The molecule has 0 aromatic heterocycles. The summed E-state index contributed by atoms with van der Waals surface area (Å²) in [7, 11) is -3.16. The highest BCUT2D eigenvalue weighted by atomic mass is 32.2. The number of likely N-dealkylation sites (tertiary alicyclic amines) is 1. The minimum atomic E-state index is -3.16. The molecular formula is C19H25NO3S. The Bertz CT molecular complexity index is 689. The van der Waals surface area contributed by atoms with Gasteiger partial charge in [0.25, 0.3) is 0 Å². The fourth-order valence-electron chi connectivity index (χ4n) is 3.64. The van der Waals surface area contributed by atoms with Crippen molar-refractivity contribution in [2.24, 2.45) is 5.92 Å². The molecule has 130 valence electrons. The number of carbonyl (C=O) groups is 1. The van der Waals surface area contributed by atoms with Crippen LogP contribution in [0.1, 0.15) is 37.7 Å². The third kappa shape index (κ3) is 4.07. The molecule has 1 aliphatic carbocycles. The van der Waals surface area contributed by atoms with Crippen molar-refractivity contribution in [1.82, 2.24) is 4.90 Å². The van der Waals surface area contributed by atoms with Gasteiger partial charge in [0, 0.05) is 19.0 Å². The van der Waals surface area contributed by atoms with E-state index in [1.807, 2.05) is 35.2 Å². The first-order valence-electron chi connectivity index (χ1n) is 8.75. The molecule has 0 spiro atoms. The molecule has 1 aromatic rings. The minimum absolute atomic E-state index is 0.0903. The molecule has 4 nitrogen and oxygen atoms in total. The summed E-state index contributed by atoms with van der Waals surface area (Å²) in [5.41, 5.74) is 0.838. The van der Waals surface area contributed by atoms with Gasteiger partial charge in [0.1, 0.15) is 0 Å². The molecule has 1 saturated heterocycles. The van der Waals surface area contributed by atoms with E-state index < -0.39 is 9.84 Å². The lowest BCUT2D eigenvalue weighted by atomic mass is 9.92. The van der Waals surface area contributed by atoms with Crippen LogP contribution in [0.2, 0.25) is 0 Å². The summed E-state index contributed by atoms with van der Waals surface area (Å²) in [4.78, 5) is 14.4. The highest BCUT2D eigenvalue weighted by Crippen LogP contribution is 2.25. The monoisotopic (exact) mass is 347 g/mol. The lowest BCUT2D eigenvalue weighted by Gasteiger charge is -2.34. The van der Waals surface area contributed by atoms with Crippen LogP contribution in [-0.4, -0.2) is 37.6 Å². The van der Waals surface area contributed by atoms with E-state index in [0.717, 1.165) is 24.8 Å². The van der Waals surface area contributed by atoms with Crippen LogP contribution < -0.4 is 0 Å². The Balaban J connectivity index is 1.56. The largest absolute Gasteiger partial charge is 0.342 e. The first kappa shape index (κ1) is 17.2. The van der Waals surface area contributed by atoms with E-state index in [1.54, 1.807) is 0 Å². The zero-order valence-electron chi connectivity index (χ0n) is 13.9. The number of sulfone groups is 1. The van der Waals surface area contributed by atoms with Crippen LogP contribution in [0.25, 0.3) is 0 Å². The molecule has 0 radical (unpaired) electrons. The number of benzene rings is 1. The van der Waals surface area contributed by atoms with Crippen LogP contribution in [0.15, 0.2) is 42.5 Å². The summed E-state index contributed by atoms with van der Waals surface area (Å²) in [6.07, 6.45) is 8.05. The summed E-state index contributed by atoms with van der Waals surface area (Å²) in [6, 6.07) is 9.33. The maximum absolute atomic E-state index is 12.6. The van der Waals surface area contributed by atoms with Crippen LogP contribution in [0.3, 0.4) is 0 Å². The van der Waals surface area contributed by atoms with Crippen molar-refractivity contribution in [2.75, 3.05) is 13.1 Å². The standard InChI is InChI=1S/C19H25NO3S/c21-19(17-9-5-2-6-10-17)20-13-11-18(12-14-20)24(22,23)15-16-7-3-1-4-8-16/h1-5,7-8,17-18H,6,9-15H2/t17-/m1/s1. The molecule has 0 N–H and O–H groups in total. The number of carbonyl (C=O) groups excluding carboxylic acids is 1. The average molecular weight is 347 g/mol. The molecule has 3 rings (SSSR count). The summed E-state index contributed by atoms with van der Waals surface area (Å²) < 4.78 is 25.2. The van der Waals surface area contributed by atoms with E-state index in [4.69, 9.17) is 0 Å². The van der Waals surface area contributed by atoms with Crippen LogP contribution in [-0.2, 0) is 20.4 Å². The van der Waals surface area contributed by atoms with Crippen molar-refractivity contribution < 1.29 is 13.2 Å². The van der Waals surface area contributed by atoms with Crippen molar-refractivity contribution in [3.8, 4) is 0 Å². The SMILES string of the molecule is O=C([C@@H]1CC=CCC1)N1CCC(S(=O)(=O)Cc2ccccc2)CC1. The summed E-state index contributed by atoms with van der Waals surface area (Å²) in [5, 5.41) is -0.326. The molecule has 1 aromatic carbocycles. The second kappa shape index (κ2) is 7.51. The smallest absolute Gasteiger partial charge is 0.226 e. The minimum Gasteiger partial charge on any atom is -0.342 e. The Morgan fingerprint density at radius 3 is 2.38 bits per heavy atom. The molecule has 1 fully saturated rings. The van der Waals surface area contributed by atoms with Gasteiger partial charge in [0.2, 0.25) is 5.91 Å². The second-order valence-corrected chi connectivity index (χ2v) is 9.08. The fraction of sp³-hybridized carbons (Fsp3) is 0.526. The Hall–Kier alpha value is -1.62. The molecule has 5 heteroatoms. The van der Waals surface area contributed by atoms with Crippen molar-refractivity contribution in [3.05, 3.63) is 48.0 Å². The Labute approximate surface area is 144 Å². The molecule has 1 amide bonds. The lowest BCUT2D eigenvalue weighted by Crippen LogP contribution is -2.45. The van der Waals surface area contributed by atoms with Crippen LogP contribution >= 0.6 is 0 Å². The van der Waals surface area contributed by atoms with Gasteiger partial charge in [-0.05, 0) is 37.7 Å². The number of amides is 1. The molecule has 0 bridgehead atoms. The van der Waals surface area contributed by atoms with Gasteiger partial charge in [-0.2, -0.15) is 0 Å². The van der Waals surface area contributed by atoms with Gasteiger partial charge in [0.05, 0.1) is 11.0 Å². The van der Waals surface area contributed by atoms with E-state index in [9.17, 15) is 13.2 Å². The van der Waals surface area contributed by atoms with Gasteiger partial charge < -0.3 is 4.90 Å². The number of allylic oxidation sites excluding steroid dienone is 2. The van der Waals surface area contributed by atoms with E-state index in [-0.39, 0.29) is 22.8 Å². The van der Waals surface area contributed by atoms with Crippen LogP contribution in [0, 0.1) is 5.92 Å². The molecule has 1 atom stereocenters. The molecular weight excluding hydrogens is 322 g/mol. The zero-order chi connectivity index (χ0) is 17.0. The third-order valence-corrected chi connectivity index (χ3v) is 7.31. The molecule has 0 unspecified atom stereocenters. The quantitative estimate of drug-likeness (QED) is 0.787. The first-order chi connectivity index (χ1) is 11.6. The van der Waals surface area contributed by atoms with Gasteiger partial charge >= 0.3 is 0 Å². The van der Waals surface area contributed by atoms with E-state index in [2.05, 4.69) is 12.2 Å². The number of rotatable bonds is 4. The number of hydrogen-bond donors (Lipinski definition) is 0. The number of hydrogen-bond acceptors (Lipinski definition) is 3. The Morgan fingerprint density at radius 2 is 1.75 bits per heavy atom. The summed E-state index contributed by atoms with van der Waals surface area (Å²) in [6.45, 7) is 1.13. The molecule has 24 heavy (non-hydrogen) atoms. The Morgan fingerprint density at radius 1 is 1.04 bits per heavy atom. The van der Waals surface area contributed by atoms with Crippen LogP contribution in [0.4, 0.5) is 0 Å². The molecule has 0 saturated carbocycles. The first-order valence-corrected chi connectivity index (χ1v) is 10.5. The van der Waals surface area contributed by atoms with Crippen molar-refractivity contribution >= 4 is 15.7 Å². The third-order valence-electron chi connectivity index (χ3n) is 5.09.